The minimum atomic E-state index is -0.508. The Kier molecular flexibility index (Phi) is 4.06. The van der Waals surface area contributed by atoms with Gasteiger partial charge >= 0.3 is 0 Å². The van der Waals surface area contributed by atoms with E-state index in [4.69, 9.17) is 4.98 Å². The number of imidazole rings is 1. The second kappa shape index (κ2) is 6.99. The molecule has 0 aliphatic heterocycles. The summed E-state index contributed by atoms with van der Waals surface area (Å²) in [5.41, 5.74) is 6.52. The molecule has 0 spiro atoms. The molecule has 8 nitrogen and oxygen atoms in total. The molecule has 0 unspecified atom stereocenters. The van der Waals surface area contributed by atoms with Gasteiger partial charge in [-0.05, 0) is 54.4 Å². The van der Waals surface area contributed by atoms with Gasteiger partial charge in [-0.25, -0.2) is 19.3 Å². The highest BCUT2D eigenvalue weighted by molar-refractivity contribution is 5.99. The molecule has 0 aliphatic rings. The molecule has 1 aromatic carbocycles. The summed E-state index contributed by atoms with van der Waals surface area (Å²) in [7, 11) is 1.95. The fourth-order valence-electron chi connectivity index (χ4n) is 4.11. The molecule has 6 rings (SSSR count). The third-order valence-electron chi connectivity index (χ3n) is 5.87. The third-order valence-corrected chi connectivity index (χ3v) is 5.87. The van der Waals surface area contributed by atoms with Crippen molar-refractivity contribution >= 4 is 22.1 Å². The molecular weight excluding hydrogens is 421 g/mol. The summed E-state index contributed by atoms with van der Waals surface area (Å²) in [5, 5.41) is 18.2. The second-order valence-corrected chi connectivity index (χ2v) is 7.92. The molecule has 0 radical (unpaired) electrons. The van der Waals surface area contributed by atoms with E-state index in [1.165, 1.54) is 12.1 Å². The number of nitrogens with one attached hydrogen (secondary N) is 2. The number of halogens is 1. The number of hydrogen-bond donors (Lipinski definition) is 3. The van der Waals surface area contributed by atoms with E-state index in [2.05, 4.69) is 25.1 Å². The predicted molar refractivity (Wildman–Crippen MR) is 123 cm³/mol. The number of aryl methyl sites for hydroxylation is 1. The monoisotopic (exact) mass is 439 g/mol. The van der Waals surface area contributed by atoms with Crippen molar-refractivity contribution in [1.82, 2.24) is 34.7 Å². The minimum Gasteiger partial charge on any atom is -0.508 e. The topological polar surface area (TPSA) is 108 Å². The Bertz CT molecular complexity index is 1660. The lowest BCUT2D eigenvalue weighted by molar-refractivity contribution is 0.469. The number of phenolic OH excluding ortho intramolecular Hbond substituents is 1. The van der Waals surface area contributed by atoms with Crippen molar-refractivity contribution in [3.05, 3.63) is 66.5 Å². The Hall–Kier alpha value is -4.53. The number of aromatic nitrogens is 7. The van der Waals surface area contributed by atoms with E-state index in [-0.39, 0.29) is 5.75 Å². The highest BCUT2D eigenvalue weighted by Crippen LogP contribution is 2.34. The number of hydrogen-bond acceptors (Lipinski definition) is 5. The molecule has 9 heteroatoms. The Labute approximate surface area is 186 Å². The van der Waals surface area contributed by atoms with Crippen molar-refractivity contribution < 1.29 is 9.50 Å². The van der Waals surface area contributed by atoms with Crippen LogP contribution in [0.4, 0.5) is 4.39 Å². The number of phenols is 1. The highest BCUT2D eigenvalue weighted by Gasteiger charge is 2.17. The van der Waals surface area contributed by atoms with Gasteiger partial charge in [0.15, 0.2) is 0 Å². The van der Waals surface area contributed by atoms with E-state index in [0.717, 1.165) is 45.4 Å². The number of rotatable bonds is 3. The lowest BCUT2D eigenvalue weighted by Gasteiger charge is -2.04. The second-order valence-electron chi connectivity index (χ2n) is 7.92. The lowest BCUT2D eigenvalue weighted by Crippen LogP contribution is -1.96. The van der Waals surface area contributed by atoms with Crippen LogP contribution in [-0.4, -0.2) is 39.8 Å². The average molecular weight is 439 g/mol. The van der Waals surface area contributed by atoms with Crippen molar-refractivity contribution in [2.75, 3.05) is 0 Å². The first-order valence-electron chi connectivity index (χ1n) is 10.3. The van der Waals surface area contributed by atoms with Crippen molar-refractivity contribution in [2.24, 2.45) is 7.05 Å². The number of pyridine rings is 2. The van der Waals surface area contributed by atoms with E-state index >= 15 is 0 Å². The maximum atomic E-state index is 13.9. The Morgan fingerprint density at radius 1 is 1.06 bits per heavy atom. The van der Waals surface area contributed by atoms with Gasteiger partial charge in [-0.1, -0.05) is 0 Å². The standard InChI is InChI=1S/C24H18FN7O/c1-12-27-11-21(32(12)2)18-3-4-19-22(28-18)23(31-30-19)20-10-17-16(5-6-26-24(17)29-20)13-7-14(25)9-15(33)8-13/h3-11,33H,1-2H3,(H,26,29)(H,30,31). The normalized spacial score (nSPS) is 11.6. The van der Waals surface area contributed by atoms with Gasteiger partial charge in [-0.2, -0.15) is 5.10 Å². The van der Waals surface area contributed by atoms with E-state index in [1.807, 2.05) is 36.7 Å². The fourth-order valence-corrected chi connectivity index (χ4v) is 4.11. The van der Waals surface area contributed by atoms with Crippen LogP contribution in [-0.2, 0) is 7.05 Å². The van der Waals surface area contributed by atoms with Crippen LogP contribution in [0.3, 0.4) is 0 Å². The van der Waals surface area contributed by atoms with Crippen LogP contribution in [0.25, 0.3) is 56.0 Å². The fraction of sp³-hybridized carbons (Fsp3) is 0.0833. The Morgan fingerprint density at radius 2 is 1.94 bits per heavy atom. The van der Waals surface area contributed by atoms with E-state index in [1.54, 1.807) is 18.5 Å². The first-order valence-corrected chi connectivity index (χ1v) is 10.3. The molecule has 0 saturated heterocycles. The number of aromatic amines is 2. The minimum absolute atomic E-state index is 0.133. The zero-order chi connectivity index (χ0) is 22.7. The van der Waals surface area contributed by atoms with Crippen LogP contribution in [0.1, 0.15) is 5.82 Å². The molecule has 162 valence electrons. The first-order chi connectivity index (χ1) is 16.0. The molecule has 0 saturated carbocycles. The average Bonchev–Trinajstić information content (AvgIpc) is 3.49. The summed E-state index contributed by atoms with van der Waals surface area (Å²) in [6.45, 7) is 1.94. The summed E-state index contributed by atoms with van der Waals surface area (Å²) in [5.74, 6) is 0.259. The van der Waals surface area contributed by atoms with Gasteiger partial charge in [0.25, 0.3) is 0 Å². The van der Waals surface area contributed by atoms with Gasteiger partial charge in [0.05, 0.1) is 28.8 Å². The van der Waals surface area contributed by atoms with E-state index < -0.39 is 5.82 Å². The summed E-state index contributed by atoms with van der Waals surface area (Å²) in [4.78, 5) is 16.9. The third kappa shape index (κ3) is 3.05. The van der Waals surface area contributed by atoms with Crippen molar-refractivity contribution in [1.29, 1.82) is 0 Å². The summed E-state index contributed by atoms with van der Waals surface area (Å²) >= 11 is 0. The summed E-state index contributed by atoms with van der Waals surface area (Å²) < 4.78 is 15.9. The van der Waals surface area contributed by atoms with E-state index in [9.17, 15) is 9.50 Å². The number of aromatic hydroxyl groups is 1. The molecule has 0 aliphatic carbocycles. The maximum Gasteiger partial charge on any atom is 0.138 e. The number of H-pyrrole nitrogens is 2. The molecule has 0 atom stereocenters. The largest absolute Gasteiger partial charge is 0.508 e. The van der Waals surface area contributed by atoms with Gasteiger partial charge in [0.1, 0.15) is 34.2 Å². The van der Waals surface area contributed by atoms with Gasteiger partial charge in [0.2, 0.25) is 0 Å². The van der Waals surface area contributed by atoms with Crippen LogP contribution in [0.5, 0.6) is 5.75 Å². The van der Waals surface area contributed by atoms with Gasteiger partial charge in [-0.3, -0.25) is 5.10 Å². The van der Waals surface area contributed by atoms with Crippen molar-refractivity contribution in [3.8, 4) is 39.7 Å². The van der Waals surface area contributed by atoms with Crippen LogP contribution in [0.15, 0.2) is 54.9 Å². The molecule has 5 aromatic heterocycles. The summed E-state index contributed by atoms with van der Waals surface area (Å²) in [6.07, 6.45) is 3.44. The molecule has 6 aromatic rings. The molecule has 33 heavy (non-hydrogen) atoms. The number of fused-ring (bicyclic) bond motifs is 2. The quantitative estimate of drug-likeness (QED) is 0.370. The molecule has 0 bridgehead atoms. The molecule has 0 amide bonds. The Balaban J connectivity index is 1.52. The van der Waals surface area contributed by atoms with Crippen LogP contribution >= 0.6 is 0 Å². The van der Waals surface area contributed by atoms with E-state index in [0.29, 0.717) is 22.4 Å². The Morgan fingerprint density at radius 3 is 2.73 bits per heavy atom. The lowest BCUT2D eigenvalue weighted by atomic mass is 10.0. The number of nitrogens with zero attached hydrogens (tertiary/aromatic N) is 5. The number of benzene rings is 1. The van der Waals surface area contributed by atoms with Crippen LogP contribution in [0.2, 0.25) is 0 Å². The van der Waals surface area contributed by atoms with Crippen molar-refractivity contribution in [3.63, 3.8) is 0 Å². The summed E-state index contributed by atoms with van der Waals surface area (Å²) in [6, 6.07) is 11.6. The van der Waals surface area contributed by atoms with Gasteiger partial charge in [-0.15, -0.1) is 0 Å². The zero-order valence-electron chi connectivity index (χ0n) is 17.8. The zero-order valence-corrected chi connectivity index (χ0v) is 17.8. The molecular formula is C24H18FN7O. The SMILES string of the molecule is Cc1ncc(-c2ccc3[nH]nc(-c4cc5c(-c6cc(O)cc(F)c6)ccnc5[nH]4)c3n2)n1C. The molecule has 5 heterocycles. The predicted octanol–water partition coefficient (Wildman–Crippen LogP) is 4.72. The van der Waals surface area contributed by atoms with Crippen LogP contribution < -0.4 is 0 Å². The molecule has 3 N–H and O–H groups in total. The maximum absolute atomic E-state index is 13.9. The van der Waals surface area contributed by atoms with Gasteiger partial charge in [0, 0.05) is 24.7 Å². The van der Waals surface area contributed by atoms with Crippen molar-refractivity contribution in [2.45, 2.75) is 6.92 Å². The highest BCUT2D eigenvalue weighted by atomic mass is 19.1. The van der Waals surface area contributed by atoms with Crippen LogP contribution in [0, 0.1) is 12.7 Å². The molecule has 0 fully saturated rings. The smallest absolute Gasteiger partial charge is 0.138 e. The van der Waals surface area contributed by atoms with Gasteiger partial charge < -0.3 is 14.7 Å². The first kappa shape index (κ1) is 19.2.